The van der Waals surface area contributed by atoms with Gasteiger partial charge < -0.3 is 10.6 Å². The van der Waals surface area contributed by atoms with Gasteiger partial charge in [0.15, 0.2) is 9.84 Å². The van der Waals surface area contributed by atoms with Gasteiger partial charge in [-0.15, -0.1) is 11.3 Å². The van der Waals surface area contributed by atoms with Crippen LogP contribution in [0.25, 0.3) is 0 Å². The van der Waals surface area contributed by atoms with Crippen LogP contribution in [0.2, 0.25) is 0 Å². The molecule has 18 heavy (non-hydrogen) atoms. The highest BCUT2D eigenvalue weighted by atomic mass is 32.2. The Morgan fingerprint density at radius 2 is 2.39 bits per heavy atom. The van der Waals surface area contributed by atoms with E-state index in [-0.39, 0.29) is 30.0 Å². The van der Waals surface area contributed by atoms with E-state index in [9.17, 15) is 13.2 Å². The Bertz CT molecular complexity index is 552. The number of carbonyl (C=O) groups is 1. The Morgan fingerprint density at radius 3 is 2.94 bits per heavy atom. The molecule has 1 fully saturated rings. The molecule has 0 aliphatic carbocycles. The molecule has 1 aliphatic heterocycles. The largest absolute Gasteiger partial charge is 0.333 e. The first-order valence-corrected chi connectivity index (χ1v) is 8.29. The molecule has 1 amide bonds. The highest BCUT2D eigenvalue weighted by Crippen LogP contribution is 2.17. The van der Waals surface area contributed by atoms with E-state index in [0.717, 1.165) is 0 Å². The predicted octanol–water partition coefficient (Wildman–Crippen LogP) is -0.139. The number of carbonyl (C=O) groups excluding carboxylic acids is 1. The van der Waals surface area contributed by atoms with Crippen LogP contribution in [-0.4, -0.2) is 48.3 Å². The van der Waals surface area contributed by atoms with Crippen molar-refractivity contribution in [2.75, 3.05) is 18.1 Å². The third-order valence-corrected chi connectivity index (χ3v) is 5.54. The fraction of sp³-hybridized carbons (Fsp3) is 0.600. The number of amides is 1. The van der Waals surface area contributed by atoms with E-state index in [0.29, 0.717) is 17.2 Å². The van der Waals surface area contributed by atoms with Crippen LogP contribution in [0.1, 0.15) is 22.4 Å². The monoisotopic (exact) mass is 289 g/mol. The van der Waals surface area contributed by atoms with Crippen molar-refractivity contribution in [2.24, 2.45) is 5.73 Å². The van der Waals surface area contributed by atoms with Crippen LogP contribution < -0.4 is 5.73 Å². The zero-order chi connectivity index (χ0) is 13.3. The van der Waals surface area contributed by atoms with E-state index < -0.39 is 9.84 Å². The van der Waals surface area contributed by atoms with E-state index in [2.05, 4.69) is 4.98 Å². The number of rotatable bonds is 2. The quantitative estimate of drug-likeness (QED) is 0.818. The highest BCUT2D eigenvalue weighted by molar-refractivity contribution is 7.91. The van der Waals surface area contributed by atoms with Crippen LogP contribution in [0.4, 0.5) is 0 Å². The Hall–Kier alpha value is -0.990. The maximum atomic E-state index is 12.2. The van der Waals surface area contributed by atoms with Gasteiger partial charge in [0.05, 0.1) is 11.5 Å². The molecule has 8 heteroatoms. The first-order valence-electron chi connectivity index (χ1n) is 5.59. The summed E-state index contributed by atoms with van der Waals surface area (Å²) in [6.45, 7) is 2.28. The molecule has 0 saturated carbocycles. The van der Waals surface area contributed by atoms with Gasteiger partial charge in [0.2, 0.25) is 0 Å². The van der Waals surface area contributed by atoms with Crippen LogP contribution >= 0.6 is 11.3 Å². The molecule has 0 radical (unpaired) electrons. The van der Waals surface area contributed by atoms with E-state index in [1.165, 1.54) is 11.3 Å². The van der Waals surface area contributed by atoms with Gasteiger partial charge in [-0.05, 0) is 6.92 Å². The smallest absolute Gasteiger partial charge is 0.273 e. The molecule has 2 heterocycles. The second kappa shape index (κ2) is 4.94. The molecule has 1 aliphatic rings. The lowest BCUT2D eigenvalue weighted by molar-refractivity contribution is 0.0707. The summed E-state index contributed by atoms with van der Waals surface area (Å²) < 4.78 is 22.9. The maximum Gasteiger partial charge on any atom is 0.273 e. The number of thiazole rings is 1. The molecular weight excluding hydrogens is 274 g/mol. The molecule has 0 aromatic carbocycles. The number of hydrogen-bond acceptors (Lipinski definition) is 6. The van der Waals surface area contributed by atoms with Crippen LogP contribution in [-0.2, 0) is 16.4 Å². The summed E-state index contributed by atoms with van der Waals surface area (Å²) in [4.78, 5) is 17.9. The number of aromatic nitrogens is 1. The predicted molar refractivity (Wildman–Crippen MR) is 69.2 cm³/mol. The Labute approximate surface area is 110 Å². The molecule has 1 aromatic rings. The summed E-state index contributed by atoms with van der Waals surface area (Å²) in [6.07, 6.45) is 0. The summed E-state index contributed by atoms with van der Waals surface area (Å²) in [5, 5.41) is 2.37. The summed E-state index contributed by atoms with van der Waals surface area (Å²) >= 11 is 1.34. The molecule has 0 spiro atoms. The third kappa shape index (κ3) is 2.70. The number of sulfone groups is 1. The van der Waals surface area contributed by atoms with Crippen molar-refractivity contribution < 1.29 is 13.2 Å². The normalized spacial score (nSPS) is 23.0. The molecule has 1 unspecified atom stereocenters. The average molecular weight is 289 g/mol. The topological polar surface area (TPSA) is 93.4 Å². The van der Waals surface area contributed by atoms with Gasteiger partial charge >= 0.3 is 0 Å². The molecule has 1 aromatic heterocycles. The molecule has 2 rings (SSSR count). The van der Waals surface area contributed by atoms with Crippen LogP contribution in [0.15, 0.2) is 5.38 Å². The van der Waals surface area contributed by atoms with Gasteiger partial charge in [0.25, 0.3) is 5.91 Å². The standard InChI is InChI=1S/C10H15N3O3S2/c1-7-6-18(15,16)3-2-13(7)10(14)8-5-17-9(4-11)12-8/h5,7H,2-4,6,11H2,1H3. The fourth-order valence-electron chi connectivity index (χ4n) is 1.95. The second-order valence-electron chi connectivity index (χ2n) is 4.29. The third-order valence-electron chi connectivity index (χ3n) is 2.88. The number of nitrogens with two attached hydrogens (primary N) is 1. The van der Waals surface area contributed by atoms with E-state index in [1.807, 2.05) is 0 Å². The molecular formula is C10H15N3O3S2. The zero-order valence-corrected chi connectivity index (χ0v) is 11.6. The van der Waals surface area contributed by atoms with E-state index in [1.54, 1.807) is 17.2 Å². The van der Waals surface area contributed by atoms with Crippen LogP contribution in [0.5, 0.6) is 0 Å². The lowest BCUT2D eigenvalue weighted by Gasteiger charge is -2.32. The van der Waals surface area contributed by atoms with Crippen molar-refractivity contribution in [1.29, 1.82) is 0 Å². The summed E-state index contributed by atoms with van der Waals surface area (Å²) in [6, 6.07) is -0.306. The zero-order valence-electron chi connectivity index (χ0n) is 10.00. The first-order chi connectivity index (χ1) is 8.43. The fourth-order valence-corrected chi connectivity index (χ4v) is 4.16. The van der Waals surface area contributed by atoms with Crippen molar-refractivity contribution in [3.8, 4) is 0 Å². The molecule has 2 N–H and O–H groups in total. The molecule has 0 bridgehead atoms. The van der Waals surface area contributed by atoms with Crippen LogP contribution in [0.3, 0.4) is 0 Å². The minimum atomic E-state index is -3.01. The average Bonchev–Trinajstić information content (AvgIpc) is 2.75. The second-order valence-corrected chi connectivity index (χ2v) is 7.46. The molecule has 1 atom stereocenters. The minimum absolute atomic E-state index is 0.0205. The van der Waals surface area contributed by atoms with Crippen molar-refractivity contribution in [3.63, 3.8) is 0 Å². The van der Waals surface area contributed by atoms with E-state index >= 15 is 0 Å². The molecule has 1 saturated heterocycles. The highest BCUT2D eigenvalue weighted by Gasteiger charge is 2.32. The van der Waals surface area contributed by atoms with Crippen molar-refractivity contribution in [3.05, 3.63) is 16.1 Å². The first kappa shape index (κ1) is 13.4. The van der Waals surface area contributed by atoms with Gasteiger partial charge in [0, 0.05) is 24.5 Å². The summed E-state index contributed by atoms with van der Waals surface area (Å²) in [7, 11) is -3.01. The van der Waals surface area contributed by atoms with Gasteiger partial charge in [0.1, 0.15) is 10.7 Å². The SMILES string of the molecule is CC1CS(=O)(=O)CCN1C(=O)c1csc(CN)n1. The Balaban J connectivity index is 2.14. The summed E-state index contributed by atoms with van der Waals surface area (Å²) in [5.41, 5.74) is 5.80. The minimum Gasteiger partial charge on any atom is -0.333 e. The molecule has 100 valence electrons. The Kier molecular flexibility index (Phi) is 3.69. The van der Waals surface area contributed by atoms with Crippen molar-refractivity contribution in [1.82, 2.24) is 9.88 Å². The van der Waals surface area contributed by atoms with Gasteiger partial charge in [-0.2, -0.15) is 0 Å². The molecule has 6 nitrogen and oxygen atoms in total. The van der Waals surface area contributed by atoms with Gasteiger partial charge in [-0.3, -0.25) is 4.79 Å². The van der Waals surface area contributed by atoms with Crippen LogP contribution in [0, 0.1) is 0 Å². The van der Waals surface area contributed by atoms with Gasteiger partial charge in [-0.25, -0.2) is 13.4 Å². The van der Waals surface area contributed by atoms with Gasteiger partial charge in [-0.1, -0.05) is 0 Å². The summed E-state index contributed by atoms with van der Waals surface area (Å²) in [5.74, 6) is -0.169. The number of nitrogens with zero attached hydrogens (tertiary/aromatic N) is 2. The lowest BCUT2D eigenvalue weighted by Crippen LogP contribution is -2.49. The maximum absolute atomic E-state index is 12.2. The Morgan fingerprint density at radius 1 is 1.67 bits per heavy atom. The van der Waals surface area contributed by atoms with Crippen molar-refractivity contribution >= 4 is 27.1 Å². The van der Waals surface area contributed by atoms with E-state index in [4.69, 9.17) is 5.73 Å². The van der Waals surface area contributed by atoms with Crippen molar-refractivity contribution in [2.45, 2.75) is 19.5 Å². The number of hydrogen-bond donors (Lipinski definition) is 1. The lowest BCUT2D eigenvalue weighted by atomic mass is 10.3.